The second kappa shape index (κ2) is 8.53. The molecule has 8 heteroatoms. The second-order valence-electron chi connectivity index (χ2n) is 5.17. The molecule has 1 heterocycles. The quantitative estimate of drug-likeness (QED) is 0.471. The fourth-order valence-corrected chi connectivity index (χ4v) is 1.91. The molecular weight excluding hydrogens is 322 g/mol. The summed E-state index contributed by atoms with van der Waals surface area (Å²) in [5.41, 5.74) is 6.56. The molecule has 0 atom stereocenters. The number of rotatable bonds is 6. The van der Waals surface area contributed by atoms with Crippen LogP contribution in [-0.4, -0.2) is 16.9 Å². The zero-order valence-corrected chi connectivity index (χ0v) is 14.0. The van der Waals surface area contributed by atoms with Crippen LogP contribution in [0.25, 0.3) is 0 Å². The molecule has 0 saturated carbocycles. The maximum Gasteiger partial charge on any atom is 0.311 e. The van der Waals surface area contributed by atoms with Crippen molar-refractivity contribution in [2.75, 3.05) is 11.1 Å². The Morgan fingerprint density at radius 2 is 1.88 bits per heavy atom. The maximum absolute atomic E-state index is 11.7. The van der Waals surface area contributed by atoms with Crippen molar-refractivity contribution in [3.63, 3.8) is 0 Å². The molecule has 2 aromatic rings. The molecule has 0 unspecified atom stereocenters. The number of amides is 1. The van der Waals surface area contributed by atoms with Crippen LogP contribution in [0.3, 0.4) is 0 Å². The number of nitrogens with two attached hydrogens (primary N) is 1. The molecule has 0 spiro atoms. The Balaban J connectivity index is 2.19. The largest absolute Gasteiger partial charge is 0.424 e. The molecule has 1 amide bonds. The van der Waals surface area contributed by atoms with Crippen molar-refractivity contribution in [1.29, 1.82) is 0 Å². The van der Waals surface area contributed by atoms with Crippen molar-refractivity contribution >= 4 is 34.9 Å². The van der Waals surface area contributed by atoms with Gasteiger partial charge in [0.15, 0.2) is 11.6 Å². The number of nitrogens with zero attached hydrogens (tertiary/aromatic N) is 3. The molecule has 3 N–H and O–H groups in total. The summed E-state index contributed by atoms with van der Waals surface area (Å²) >= 11 is 0. The average Bonchev–Trinajstić information content (AvgIpc) is 2.55. The molecule has 0 aliphatic rings. The Kier molecular flexibility index (Phi) is 6.16. The minimum absolute atomic E-state index is 0.121. The molecule has 0 saturated heterocycles. The van der Waals surface area contributed by atoms with Gasteiger partial charge in [-0.25, -0.2) is 4.98 Å². The Bertz CT molecular complexity index is 805. The van der Waals surface area contributed by atoms with E-state index in [1.54, 1.807) is 36.4 Å². The van der Waals surface area contributed by atoms with Crippen LogP contribution in [0.1, 0.15) is 26.7 Å². The molecule has 0 aliphatic heterocycles. The number of ether oxygens (including phenoxy) is 1. The van der Waals surface area contributed by atoms with Gasteiger partial charge < -0.3 is 15.8 Å². The van der Waals surface area contributed by atoms with E-state index in [0.29, 0.717) is 35.8 Å². The van der Waals surface area contributed by atoms with E-state index in [9.17, 15) is 9.59 Å². The van der Waals surface area contributed by atoms with Gasteiger partial charge in [-0.05, 0) is 30.7 Å². The first-order valence-electron chi connectivity index (χ1n) is 7.75. The van der Waals surface area contributed by atoms with Crippen LogP contribution in [-0.2, 0) is 9.59 Å². The lowest BCUT2D eigenvalue weighted by Crippen LogP contribution is -2.08. The number of nitrogen functional groups attached to an aromatic ring is 1. The number of carbonyl (C=O) groups excluding carboxylic acids is 2. The van der Waals surface area contributed by atoms with Gasteiger partial charge in [0, 0.05) is 13.3 Å². The van der Waals surface area contributed by atoms with Crippen LogP contribution in [0, 0.1) is 0 Å². The molecule has 0 bridgehead atoms. The Morgan fingerprint density at radius 3 is 2.56 bits per heavy atom. The van der Waals surface area contributed by atoms with Crippen molar-refractivity contribution in [2.45, 2.75) is 26.7 Å². The number of carbonyl (C=O) groups is 2. The van der Waals surface area contributed by atoms with Gasteiger partial charge in [-0.15, -0.1) is 10.2 Å². The fraction of sp³-hybridized carbons (Fsp3) is 0.235. The zero-order valence-electron chi connectivity index (χ0n) is 14.0. The summed E-state index contributed by atoms with van der Waals surface area (Å²) in [4.78, 5) is 26.7. The summed E-state index contributed by atoms with van der Waals surface area (Å²) in [6.45, 7) is 3.27. The number of hydrogen-bond donors (Lipinski definition) is 2. The average molecular weight is 341 g/mol. The molecule has 2 rings (SSSR count). The number of aromatic nitrogens is 1. The molecule has 1 aromatic carbocycles. The monoisotopic (exact) mass is 341 g/mol. The van der Waals surface area contributed by atoms with E-state index in [0.717, 1.165) is 0 Å². The molecule has 25 heavy (non-hydrogen) atoms. The van der Waals surface area contributed by atoms with E-state index in [1.807, 2.05) is 6.92 Å². The van der Waals surface area contributed by atoms with Gasteiger partial charge in [0.1, 0.15) is 17.2 Å². The molecule has 0 fully saturated rings. The minimum Gasteiger partial charge on any atom is -0.424 e. The highest BCUT2D eigenvalue weighted by atomic mass is 16.5. The number of azo groups is 1. The summed E-state index contributed by atoms with van der Waals surface area (Å²) in [7, 11) is 0. The van der Waals surface area contributed by atoms with Crippen molar-refractivity contribution in [3.05, 3.63) is 36.4 Å². The summed E-state index contributed by atoms with van der Waals surface area (Å²) in [6, 6.07) is 9.97. The lowest BCUT2D eigenvalue weighted by Gasteiger charge is -2.06. The fourth-order valence-electron chi connectivity index (χ4n) is 1.91. The van der Waals surface area contributed by atoms with Gasteiger partial charge in [0.25, 0.3) is 0 Å². The van der Waals surface area contributed by atoms with Crippen LogP contribution in [0.15, 0.2) is 46.6 Å². The molecular formula is C17H19N5O3. The first kappa shape index (κ1) is 18.1. The third-order valence-corrected chi connectivity index (χ3v) is 3.02. The summed E-state index contributed by atoms with van der Waals surface area (Å²) < 4.78 is 5.28. The van der Waals surface area contributed by atoms with E-state index in [2.05, 4.69) is 20.5 Å². The smallest absolute Gasteiger partial charge is 0.311 e. The molecule has 1 aromatic heterocycles. The topological polar surface area (TPSA) is 119 Å². The first-order chi connectivity index (χ1) is 12.0. The summed E-state index contributed by atoms with van der Waals surface area (Å²) in [5, 5.41) is 10.7. The van der Waals surface area contributed by atoms with E-state index in [4.69, 9.17) is 10.5 Å². The van der Waals surface area contributed by atoms with Crippen LogP contribution >= 0.6 is 0 Å². The summed E-state index contributed by atoms with van der Waals surface area (Å²) in [6.07, 6.45) is 1.03. The van der Waals surface area contributed by atoms with E-state index in [1.165, 1.54) is 6.92 Å². The lowest BCUT2D eigenvalue weighted by molar-refractivity contribution is -0.134. The zero-order chi connectivity index (χ0) is 18.2. The van der Waals surface area contributed by atoms with Crippen LogP contribution in [0.2, 0.25) is 0 Å². The molecule has 8 nitrogen and oxygen atoms in total. The van der Waals surface area contributed by atoms with Gasteiger partial charge in [0.05, 0.1) is 0 Å². The molecule has 0 aliphatic carbocycles. The standard InChI is InChI=1S/C17H19N5O3/c1-3-6-16(24)25-14-8-5-4-7-12(14)21-22-13-9-10-15(19-11(2)23)20-17(13)18/h4-5,7-10H,3,6H2,1-2H3,(H3,18,19,20,23). The summed E-state index contributed by atoms with van der Waals surface area (Å²) in [5.74, 6) is 0.203. The van der Waals surface area contributed by atoms with Crippen LogP contribution in [0.4, 0.5) is 23.0 Å². The number of pyridine rings is 1. The van der Waals surface area contributed by atoms with Gasteiger partial charge in [-0.2, -0.15) is 0 Å². The Morgan fingerprint density at radius 1 is 1.16 bits per heavy atom. The van der Waals surface area contributed by atoms with E-state index in [-0.39, 0.29) is 17.7 Å². The number of para-hydroxylation sites is 1. The molecule has 130 valence electrons. The highest BCUT2D eigenvalue weighted by molar-refractivity contribution is 5.88. The number of anilines is 2. The number of benzene rings is 1. The minimum atomic E-state index is -0.328. The van der Waals surface area contributed by atoms with Crippen molar-refractivity contribution in [2.24, 2.45) is 10.2 Å². The van der Waals surface area contributed by atoms with Crippen molar-refractivity contribution in [1.82, 2.24) is 4.98 Å². The predicted octanol–water partition coefficient (Wildman–Crippen LogP) is 3.74. The van der Waals surface area contributed by atoms with Crippen LogP contribution < -0.4 is 15.8 Å². The highest BCUT2D eigenvalue weighted by Crippen LogP contribution is 2.30. The van der Waals surface area contributed by atoms with Crippen molar-refractivity contribution < 1.29 is 14.3 Å². The van der Waals surface area contributed by atoms with E-state index >= 15 is 0 Å². The first-order valence-corrected chi connectivity index (χ1v) is 7.75. The van der Waals surface area contributed by atoms with Gasteiger partial charge >= 0.3 is 5.97 Å². The van der Waals surface area contributed by atoms with E-state index < -0.39 is 0 Å². The second-order valence-corrected chi connectivity index (χ2v) is 5.17. The van der Waals surface area contributed by atoms with Crippen molar-refractivity contribution in [3.8, 4) is 5.75 Å². The van der Waals surface area contributed by atoms with Crippen LogP contribution in [0.5, 0.6) is 5.75 Å². The third kappa shape index (κ3) is 5.38. The Hall–Kier alpha value is -3.29. The normalized spacial score (nSPS) is 10.6. The number of hydrogen-bond acceptors (Lipinski definition) is 7. The van der Waals surface area contributed by atoms with Gasteiger partial charge in [-0.3, -0.25) is 9.59 Å². The van der Waals surface area contributed by atoms with Gasteiger partial charge in [-0.1, -0.05) is 19.1 Å². The lowest BCUT2D eigenvalue weighted by atomic mass is 10.3. The third-order valence-electron chi connectivity index (χ3n) is 3.02. The SMILES string of the molecule is CCCC(=O)Oc1ccccc1N=Nc1ccc(NC(C)=O)nc1N. The Labute approximate surface area is 145 Å². The molecule has 0 radical (unpaired) electrons. The predicted molar refractivity (Wildman–Crippen MR) is 94.1 cm³/mol. The number of esters is 1. The number of nitrogens with one attached hydrogen (secondary N) is 1. The highest BCUT2D eigenvalue weighted by Gasteiger charge is 2.08. The van der Waals surface area contributed by atoms with Gasteiger partial charge in [0.2, 0.25) is 5.91 Å². The maximum atomic E-state index is 11.7.